The molecule has 0 saturated heterocycles. The van der Waals surface area contributed by atoms with E-state index in [0.29, 0.717) is 17.3 Å². The molecule has 2 N–H and O–H groups in total. The van der Waals surface area contributed by atoms with Crippen LogP contribution in [0.4, 0.5) is 0 Å². The molecule has 5 heteroatoms. The third kappa shape index (κ3) is 2.93. The molecule has 0 aliphatic heterocycles. The molecule has 0 spiro atoms. The normalized spacial score (nSPS) is 9.69. The first-order valence-electron chi connectivity index (χ1n) is 3.60. The summed E-state index contributed by atoms with van der Waals surface area (Å²) < 4.78 is 5.94. The van der Waals surface area contributed by atoms with Gasteiger partial charge in [0.15, 0.2) is 0 Å². The molecule has 1 heterocycles. The van der Waals surface area contributed by atoms with Gasteiger partial charge in [-0.15, -0.1) is 0 Å². The third-order valence-corrected chi connectivity index (χ3v) is 2.03. The fourth-order valence-corrected chi connectivity index (χ4v) is 1.50. The van der Waals surface area contributed by atoms with Gasteiger partial charge in [-0.3, -0.25) is 0 Å². The molecule has 1 rings (SSSR count). The van der Waals surface area contributed by atoms with E-state index >= 15 is 0 Å². The molecule has 70 valence electrons. The number of nitrogens with two attached hydrogens (primary N) is 1. The van der Waals surface area contributed by atoms with Crippen molar-refractivity contribution in [2.24, 2.45) is 5.73 Å². The van der Waals surface area contributed by atoms with E-state index in [1.807, 2.05) is 6.07 Å². The summed E-state index contributed by atoms with van der Waals surface area (Å²) in [6.07, 6.45) is 2.17. The average molecular weight is 261 g/mol. The molecule has 0 saturated carbocycles. The molecule has 13 heavy (non-hydrogen) atoms. The van der Waals surface area contributed by atoms with E-state index in [0.717, 1.165) is 10.0 Å². The van der Waals surface area contributed by atoms with Crippen LogP contribution >= 0.6 is 28.1 Å². The van der Waals surface area contributed by atoms with Crippen molar-refractivity contribution in [2.75, 3.05) is 7.11 Å². The number of nitrogens with zero attached hydrogens (tertiary/aromatic N) is 1. The smallest absolute Gasteiger partial charge is 0.216 e. The minimum atomic E-state index is 0.429. The zero-order valence-corrected chi connectivity index (χ0v) is 9.48. The van der Waals surface area contributed by atoms with Crippen molar-refractivity contribution in [3.63, 3.8) is 0 Å². The fraction of sp³-hybridized carbons (Fsp3) is 0.250. The number of thiocarbonyl (C=S) groups is 1. The van der Waals surface area contributed by atoms with Gasteiger partial charge in [-0.05, 0) is 22.0 Å². The summed E-state index contributed by atoms with van der Waals surface area (Å²) in [6.45, 7) is 0. The van der Waals surface area contributed by atoms with Crippen molar-refractivity contribution in [3.8, 4) is 5.88 Å². The van der Waals surface area contributed by atoms with Gasteiger partial charge in [-0.2, -0.15) is 0 Å². The molecular formula is C8H9BrN2OS. The first kappa shape index (κ1) is 10.4. The Hall–Kier alpha value is -0.680. The molecule has 1 aromatic heterocycles. The molecule has 0 amide bonds. The summed E-state index contributed by atoms with van der Waals surface area (Å²) >= 11 is 8.12. The van der Waals surface area contributed by atoms with Crippen molar-refractivity contribution >= 4 is 33.1 Å². The monoisotopic (exact) mass is 260 g/mol. The predicted molar refractivity (Wildman–Crippen MR) is 59.0 cm³/mol. The first-order valence-corrected chi connectivity index (χ1v) is 4.80. The fourth-order valence-electron chi connectivity index (χ4n) is 0.967. The lowest BCUT2D eigenvalue weighted by Gasteiger charge is -2.06. The van der Waals surface area contributed by atoms with Crippen molar-refractivity contribution in [1.82, 2.24) is 4.98 Å². The molecule has 0 aromatic carbocycles. The number of halogens is 1. The first-order chi connectivity index (χ1) is 6.13. The van der Waals surface area contributed by atoms with Gasteiger partial charge in [0.25, 0.3) is 0 Å². The van der Waals surface area contributed by atoms with Crippen molar-refractivity contribution in [2.45, 2.75) is 6.42 Å². The Labute approximate surface area is 90.4 Å². The Balaban J connectivity index is 3.01. The maximum atomic E-state index is 5.43. The van der Waals surface area contributed by atoms with Gasteiger partial charge in [-0.25, -0.2) is 4.98 Å². The highest BCUT2D eigenvalue weighted by Gasteiger charge is 2.05. The lowest BCUT2D eigenvalue weighted by Crippen LogP contribution is -2.12. The number of hydrogen-bond donors (Lipinski definition) is 1. The maximum Gasteiger partial charge on any atom is 0.216 e. The molecule has 3 nitrogen and oxygen atoms in total. The highest BCUT2D eigenvalue weighted by molar-refractivity contribution is 9.10. The van der Waals surface area contributed by atoms with E-state index in [1.165, 1.54) is 0 Å². The van der Waals surface area contributed by atoms with E-state index in [2.05, 4.69) is 20.9 Å². The van der Waals surface area contributed by atoms with E-state index < -0.39 is 0 Å². The Morgan fingerprint density at radius 2 is 2.46 bits per heavy atom. The van der Waals surface area contributed by atoms with Crippen LogP contribution in [0, 0.1) is 0 Å². The van der Waals surface area contributed by atoms with Crippen LogP contribution in [-0.2, 0) is 6.42 Å². The topological polar surface area (TPSA) is 48.1 Å². The molecule has 0 atom stereocenters. The van der Waals surface area contributed by atoms with Crippen molar-refractivity contribution < 1.29 is 4.74 Å². The van der Waals surface area contributed by atoms with Gasteiger partial charge < -0.3 is 10.5 Å². The van der Waals surface area contributed by atoms with Crippen LogP contribution in [0.5, 0.6) is 5.88 Å². The van der Waals surface area contributed by atoms with Crippen molar-refractivity contribution in [1.29, 1.82) is 0 Å². The SMILES string of the molecule is COc1ncc(Br)cc1CC(N)=S. The molecule has 0 aliphatic carbocycles. The van der Waals surface area contributed by atoms with E-state index in [4.69, 9.17) is 22.7 Å². The second-order valence-corrected chi connectivity index (χ2v) is 3.91. The van der Waals surface area contributed by atoms with Crippen LogP contribution in [0.2, 0.25) is 0 Å². The average Bonchev–Trinajstić information content (AvgIpc) is 2.03. The van der Waals surface area contributed by atoms with Crippen LogP contribution in [0.25, 0.3) is 0 Å². The summed E-state index contributed by atoms with van der Waals surface area (Å²) in [4.78, 5) is 4.49. The molecule has 0 fully saturated rings. The number of ether oxygens (including phenoxy) is 1. The second-order valence-electron chi connectivity index (χ2n) is 2.47. The number of pyridine rings is 1. The second kappa shape index (κ2) is 4.53. The largest absolute Gasteiger partial charge is 0.481 e. The summed E-state index contributed by atoms with van der Waals surface area (Å²) in [5.74, 6) is 0.566. The molecular weight excluding hydrogens is 252 g/mol. The van der Waals surface area contributed by atoms with Crippen molar-refractivity contribution in [3.05, 3.63) is 22.3 Å². The van der Waals surface area contributed by atoms with Crippen LogP contribution < -0.4 is 10.5 Å². The molecule has 0 radical (unpaired) electrons. The van der Waals surface area contributed by atoms with Crippen LogP contribution in [0.15, 0.2) is 16.7 Å². The van der Waals surface area contributed by atoms with Gasteiger partial charge in [0.1, 0.15) is 0 Å². The summed E-state index contributed by atoms with van der Waals surface area (Å²) in [5, 5.41) is 0. The van der Waals surface area contributed by atoms with Gasteiger partial charge in [0, 0.05) is 22.7 Å². The van der Waals surface area contributed by atoms with Crippen LogP contribution in [0.1, 0.15) is 5.56 Å². The van der Waals surface area contributed by atoms with Gasteiger partial charge in [-0.1, -0.05) is 12.2 Å². The Morgan fingerprint density at radius 3 is 3.00 bits per heavy atom. The maximum absolute atomic E-state index is 5.43. The lowest BCUT2D eigenvalue weighted by molar-refractivity contribution is 0.393. The van der Waals surface area contributed by atoms with E-state index in [9.17, 15) is 0 Å². The van der Waals surface area contributed by atoms with Gasteiger partial charge >= 0.3 is 0 Å². The van der Waals surface area contributed by atoms with E-state index in [1.54, 1.807) is 13.3 Å². The standard InChI is InChI=1S/C8H9BrN2OS/c1-12-8-5(3-7(10)13)2-6(9)4-11-8/h2,4H,3H2,1H3,(H2,10,13). The third-order valence-electron chi connectivity index (χ3n) is 1.45. The molecule has 0 bridgehead atoms. The number of aromatic nitrogens is 1. The van der Waals surface area contributed by atoms with Crippen LogP contribution in [0.3, 0.4) is 0 Å². The summed E-state index contributed by atoms with van der Waals surface area (Å²) in [7, 11) is 1.57. The highest BCUT2D eigenvalue weighted by atomic mass is 79.9. The lowest BCUT2D eigenvalue weighted by atomic mass is 10.2. The Kier molecular flexibility index (Phi) is 3.62. The van der Waals surface area contributed by atoms with Crippen LogP contribution in [-0.4, -0.2) is 17.1 Å². The molecule has 0 unspecified atom stereocenters. The zero-order valence-electron chi connectivity index (χ0n) is 7.08. The summed E-state index contributed by atoms with van der Waals surface area (Å²) in [5.41, 5.74) is 6.32. The molecule has 0 aliphatic rings. The highest BCUT2D eigenvalue weighted by Crippen LogP contribution is 2.19. The minimum Gasteiger partial charge on any atom is -0.481 e. The Bertz CT molecular complexity index is 330. The minimum absolute atomic E-state index is 0.429. The molecule has 1 aromatic rings. The number of methoxy groups -OCH3 is 1. The predicted octanol–water partition coefficient (Wildman–Crippen LogP) is 1.68. The van der Waals surface area contributed by atoms with Gasteiger partial charge in [0.2, 0.25) is 5.88 Å². The van der Waals surface area contributed by atoms with E-state index in [-0.39, 0.29) is 0 Å². The number of rotatable bonds is 3. The Morgan fingerprint density at radius 1 is 1.77 bits per heavy atom. The summed E-state index contributed by atoms with van der Waals surface area (Å²) in [6, 6.07) is 1.89. The number of hydrogen-bond acceptors (Lipinski definition) is 3. The quantitative estimate of drug-likeness (QED) is 0.841. The van der Waals surface area contributed by atoms with Gasteiger partial charge in [0.05, 0.1) is 12.1 Å². The zero-order chi connectivity index (χ0) is 9.84.